The number of fused-ring (bicyclic) bond motifs is 1. The number of ether oxygens (including phenoxy) is 1. The van der Waals surface area contributed by atoms with Crippen molar-refractivity contribution in [3.8, 4) is 16.9 Å². The number of rotatable bonds is 7. The topological polar surface area (TPSA) is 53.6 Å². The lowest BCUT2D eigenvalue weighted by Gasteiger charge is -2.32. The van der Waals surface area contributed by atoms with Gasteiger partial charge in [-0.25, -0.2) is 0 Å². The molecule has 0 atom stereocenters. The molecule has 2 saturated heterocycles. The van der Waals surface area contributed by atoms with Crippen LogP contribution in [0.5, 0.6) is 5.75 Å². The van der Waals surface area contributed by atoms with Crippen LogP contribution >= 0.6 is 27.3 Å². The van der Waals surface area contributed by atoms with Crippen LogP contribution in [-0.4, -0.2) is 49.1 Å². The normalized spacial score (nSPS) is 17.4. The first-order valence-electron chi connectivity index (χ1n) is 13.9. The van der Waals surface area contributed by atoms with Crippen LogP contribution in [0, 0.1) is 0 Å². The SMILES string of the molecule is O=C(NC1CCN(Cc2ccc(OC3CCNCC3)c(Br)c2)CC1)c1cc2ccc(-c3ccccc3)cc2s1. The summed E-state index contributed by atoms with van der Waals surface area (Å²) in [6.45, 7) is 4.91. The highest BCUT2D eigenvalue weighted by atomic mass is 79.9. The molecule has 7 heteroatoms. The summed E-state index contributed by atoms with van der Waals surface area (Å²) in [5.41, 5.74) is 3.65. The summed E-state index contributed by atoms with van der Waals surface area (Å²) in [6, 6.07) is 25.5. The summed E-state index contributed by atoms with van der Waals surface area (Å²) in [5, 5.41) is 7.81. The van der Waals surface area contributed by atoms with Gasteiger partial charge >= 0.3 is 0 Å². The monoisotopic (exact) mass is 603 g/mol. The molecule has 202 valence electrons. The quantitative estimate of drug-likeness (QED) is 0.242. The first kappa shape index (κ1) is 26.5. The van der Waals surface area contributed by atoms with E-state index in [2.05, 4.69) is 92.1 Å². The molecule has 6 rings (SSSR count). The Balaban J connectivity index is 1.01. The molecule has 4 aromatic rings. The smallest absolute Gasteiger partial charge is 0.261 e. The Morgan fingerprint density at radius 1 is 0.949 bits per heavy atom. The Morgan fingerprint density at radius 2 is 1.74 bits per heavy atom. The van der Waals surface area contributed by atoms with Gasteiger partial charge in [-0.2, -0.15) is 0 Å². The number of piperidine rings is 2. The molecule has 3 aromatic carbocycles. The van der Waals surface area contributed by atoms with E-state index >= 15 is 0 Å². The van der Waals surface area contributed by atoms with Crippen molar-refractivity contribution in [1.82, 2.24) is 15.5 Å². The van der Waals surface area contributed by atoms with Gasteiger partial charge in [0.1, 0.15) is 11.9 Å². The fourth-order valence-electron chi connectivity index (χ4n) is 5.53. The maximum absolute atomic E-state index is 13.1. The fraction of sp³-hybridized carbons (Fsp3) is 0.344. The van der Waals surface area contributed by atoms with Gasteiger partial charge in [-0.1, -0.05) is 48.5 Å². The van der Waals surface area contributed by atoms with Crippen LogP contribution in [0.3, 0.4) is 0 Å². The van der Waals surface area contributed by atoms with E-state index in [1.54, 1.807) is 11.3 Å². The molecule has 3 heterocycles. The third-order valence-electron chi connectivity index (χ3n) is 7.76. The van der Waals surface area contributed by atoms with Crippen molar-refractivity contribution < 1.29 is 9.53 Å². The van der Waals surface area contributed by atoms with Crippen molar-refractivity contribution in [2.75, 3.05) is 26.2 Å². The number of hydrogen-bond donors (Lipinski definition) is 2. The predicted molar refractivity (Wildman–Crippen MR) is 164 cm³/mol. The number of halogens is 1. The number of nitrogens with zero attached hydrogens (tertiary/aromatic N) is 1. The van der Waals surface area contributed by atoms with Crippen molar-refractivity contribution in [3.05, 3.63) is 87.7 Å². The molecule has 1 amide bonds. The fourth-order valence-corrected chi connectivity index (χ4v) is 7.06. The zero-order valence-electron chi connectivity index (χ0n) is 22.0. The second kappa shape index (κ2) is 12.2. The minimum atomic E-state index is 0.0455. The first-order valence-corrected chi connectivity index (χ1v) is 15.5. The molecule has 39 heavy (non-hydrogen) atoms. The van der Waals surface area contributed by atoms with E-state index in [1.165, 1.54) is 16.7 Å². The lowest BCUT2D eigenvalue weighted by Crippen LogP contribution is -2.44. The molecule has 0 unspecified atom stereocenters. The molecular weight excluding hydrogens is 570 g/mol. The molecule has 0 saturated carbocycles. The molecule has 2 aliphatic heterocycles. The molecule has 2 N–H and O–H groups in total. The maximum atomic E-state index is 13.1. The number of benzene rings is 3. The molecule has 0 aliphatic carbocycles. The highest BCUT2D eigenvalue weighted by molar-refractivity contribution is 9.10. The van der Waals surface area contributed by atoms with Crippen LogP contribution in [0.25, 0.3) is 21.2 Å². The Morgan fingerprint density at radius 3 is 2.51 bits per heavy atom. The number of thiophene rings is 1. The van der Waals surface area contributed by atoms with Gasteiger partial charge in [0.2, 0.25) is 0 Å². The second-order valence-electron chi connectivity index (χ2n) is 10.6. The van der Waals surface area contributed by atoms with E-state index in [4.69, 9.17) is 4.74 Å². The van der Waals surface area contributed by atoms with Crippen LogP contribution in [0.15, 0.2) is 77.3 Å². The molecule has 0 bridgehead atoms. The Labute approximate surface area is 242 Å². The van der Waals surface area contributed by atoms with Crippen LogP contribution in [-0.2, 0) is 6.54 Å². The van der Waals surface area contributed by atoms with Crippen LogP contribution in [0.1, 0.15) is 40.9 Å². The summed E-state index contributed by atoms with van der Waals surface area (Å²) in [5.74, 6) is 0.980. The van der Waals surface area contributed by atoms with E-state index in [0.29, 0.717) is 6.10 Å². The minimum absolute atomic E-state index is 0.0455. The molecule has 1 aromatic heterocycles. The Kier molecular flexibility index (Phi) is 8.30. The van der Waals surface area contributed by atoms with Crippen molar-refractivity contribution in [2.45, 2.75) is 44.4 Å². The molecule has 2 aliphatic rings. The van der Waals surface area contributed by atoms with Crippen LogP contribution in [0.4, 0.5) is 0 Å². The van der Waals surface area contributed by atoms with Gasteiger partial charge in [0, 0.05) is 30.4 Å². The minimum Gasteiger partial charge on any atom is -0.489 e. The van der Waals surface area contributed by atoms with Gasteiger partial charge in [-0.05, 0) is 101 Å². The number of nitrogens with one attached hydrogen (secondary N) is 2. The van der Waals surface area contributed by atoms with Gasteiger partial charge in [0.25, 0.3) is 5.91 Å². The number of likely N-dealkylation sites (tertiary alicyclic amines) is 1. The van der Waals surface area contributed by atoms with Crippen molar-refractivity contribution in [3.63, 3.8) is 0 Å². The standard InChI is InChI=1S/C32H34BrN3O2S/c33-28-18-22(6-9-29(28)38-27-10-14-34-15-11-27)21-36-16-12-26(13-17-36)35-32(37)31-20-25-8-7-24(19-30(25)39-31)23-4-2-1-3-5-23/h1-9,18-20,26-27,34H,10-17,21H2,(H,35,37). The zero-order valence-corrected chi connectivity index (χ0v) is 24.4. The van der Waals surface area contributed by atoms with E-state index in [0.717, 1.165) is 83.6 Å². The number of carbonyl (C=O) groups excluding carboxylic acids is 1. The first-order chi connectivity index (χ1) is 19.1. The average Bonchev–Trinajstić information content (AvgIpc) is 3.41. The lowest BCUT2D eigenvalue weighted by molar-refractivity contribution is 0.0913. The molecule has 0 spiro atoms. The average molecular weight is 605 g/mol. The van der Waals surface area contributed by atoms with E-state index in [1.807, 2.05) is 12.1 Å². The summed E-state index contributed by atoms with van der Waals surface area (Å²) < 4.78 is 8.40. The van der Waals surface area contributed by atoms with Gasteiger partial charge in [-0.3, -0.25) is 9.69 Å². The van der Waals surface area contributed by atoms with Crippen LogP contribution in [0.2, 0.25) is 0 Å². The summed E-state index contributed by atoms with van der Waals surface area (Å²) in [6.07, 6.45) is 4.33. The second-order valence-corrected chi connectivity index (χ2v) is 12.5. The van der Waals surface area contributed by atoms with E-state index < -0.39 is 0 Å². The van der Waals surface area contributed by atoms with Crippen LogP contribution < -0.4 is 15.4 Å². The van der Waals surface area contributed by atoms with Crippen molar-refractivity contribution >= 4 is 43.3 Å². The molecular formula is C32H34BrN3O2S. The number of carbonyl (C=O) groups is 1. The number of amides is 1. The van der Waals surface area contributed by atoms with Crippen molar-refractivity contribution in [2.24, 2.45) is 0 Å². The zero-order chi connectivity index (χ0) is 26.6. The van der Waals surface area contributed by atoms with E-state index in [-0.39, 0.29) is 11.9 Å². The highest BCUT2D eigenvalue weighted by Crippen LogP contribution is 2.31. The molecule has 5 nitrogen and oxygen atoms in total. The summed E-state index contributed by atoms with van der Waals surface area (Å²) in [7, 11) is 0. The van der Waals surface area contributed by atoms with Gasteiger partial charge in [-0.15, -0.1) is 11.3 Å². The largest absolute Gasteiger partial charge is 0.489 e. The van der Waals surface area contributed by atoms with Gasteiger partial charge in [0.15, 0.2) is 0 Å². The Hall–Kier alpha value is -2.71. The van der Waals surface area contributed by atoms with Gasteiger partial charge in [0.05, 0.1) is 9.35 Å². The third kappa shape index (κ3) is 6.55. The lowest BCUT2D eigenvalue weighted by atomic mass is 10.0. The highest BCUT2D eigenvalue weighted by Gasteiger charge is 2.23. The van der Waals surface area contributed by atoms with Crippen molar-refractivity contribution in [1.29, 1.82) is 0 Å². The van der Waals surface area contributed by atoms with Gasteiger partial charge < -0.3 is 15.4 Å². The predicted octanol–water partition coefficient (Wildman–Crippen LogP) is 6.86. The molecule has 2 fully saturated rings. The third-order valence-corrected chi connectivity index (χ3v) is 9.47. The van der Waals surface area contributed by atoms with E-state index in [9.17, 15) is 4.79 Å². The molecule has 0 radical (unpaired) electrons. The maximum Gasteiger partial charge on any atom is 0.261 e. The summed E-state index contributed by atoms with van der Waals surface area (Å²) in [4.78, 5) is 16.3. The summed E-state index contributed by atoms with van der Waals surface area (Å²) >= 11 is 5.30. The Bertz CT molecular complexity index is 1430. The number of hydrogen-bond acceptors (Lipinski definition) is 5.